The predicted octanol–water partition coefficient (Wildman–Crippen LogP) is 6.11. The van der Waals surface area contributed by atoms with Gasteiger partial charge in [-0.2, -0.15) is 0 Å². The summed E-state index contributed by atoms with van der Waals surface area (Å²) in [4.78, 5) is 35.5. The summed E-state index contributed by atoms with van der Waals surface area (Å²) in [6, 6.07) is 21.6. The van der Waals surface area contributed by atoms with E-state index in [-0.39, 0.29) is 11.8 Å². The first-order valence-electron chi connectivity index (χ1n) is 14.0. The largest absolute Gasteiger partial charge is 0.379 e. The molecule has 0 atom stereocenters. The van der Waals surface area contributed by atoms with Crippen LogP contribution in [0.5, 0.6) is 0 Å². The minimum Gasteiger partial charge on any atom is -0.379 e. The number of hydrogen-bond donors (Lipinski definition) is 2. The molecule has 3 aromatic carbocycles. The summed E-state index contributed by atoms with van der Waals surface area (Å²) >= 11 is 3.11. The number of benzene rings is 3. The molecule has 0 unspecified atom stereocenters. The molecule has 0 saturated carbocycles. The highest BCUT2D eigenvalue weighted by Gasteiger charge is 2.21. The van der Waals surface area contributed by atoms with Crippen LogP contribution in [0.25, 0.3) is 10.6 Å². The molecule has 2 aliphatic rings. The molecule has 41 heavy (non-hydrogen) atoms. The molecule has 210 valence electrons. The van der Waals surface area contributed by atoms with Gasteiger partial charge in [-0.15, -0.1) is 11.3 Å². The maximum atomic E-state index is 12.9. The standard InChI is InChI=1S/C32H32N4O3S2/c37-30(24-12-13-29-27(19-24)35-31(38)26-6-1-2-7-28(26)41-29)33-20-25-21-34-32(40-25)23-10-8-22(9-11-23)5-3-4-14-36-15-17-39-18-16-36/h1-2,6-13,19,21H,3-5,14-18,20H2,(H,33,37)(H,35,38). The van der Waals surface area contributed by atoms with Gasteiger partial charge >= 0.3 is 0 Å². The SMILES string of the molecule is O=C(NCc1cnc(-c2ccc(CCCCN3CCOCC3)cc2)s1)c1ccc2c(c1)NC(=O)c1ccccc1S2. The molecule has 1 saturated heterocycles. The number of ether oxygens (including phenoxy) is 1. The molecular formula is C32H32N4O3S2. The van der Waals surface area contributed by atoms with Crippen molar-refractivity contribution in [1.82, 2.24) is 15.2 Å². The Balaban J connectivity index is 1.00. The molecule has 2 aliphatic heterocycles. The topological polar surface area (TPSA) is 83.6 Å². The number of unbranched alkanes of at least 4 members (excludes halogenated alkanes) is 1. The number of amides is 2. The Morgan fingerprint density at radius 1 is 1.00 bits per heavy atom. The summed E-state index contributed by atoms with van der Waals surface area (Å²) < 4.78 is 5.42. The van der Waals surface area contributed by atoms with E-state index in [1.165, 1.54) is 30.2 Å². The summed E-state index contributed by atoms with van der Waals surface area (Å²) in [7, 11) is 0. The quantitative estimate of drug-likeness (QED) is 0.231. The number of carbonyl (C=O) groups excluding carboxylic acids is 2. The highest BCUT2D eigenvalue weighted by molar-refractivity contribution is 7.99. The van der Waals surface area contributed by atoms with Crippen LogP contribution < -0.4 is 10.6 Å². The Bertz CT molecular complexity index is 1530. The zero-order valence-corrected chi connectivity index (χ0v) is 24.4. The number of rotatable bonds is 9. The van der Waals surface area contributed by atoms with Crippen LogP contribution in [0, 0.1) is 0 Å². The predicted molar refractivity (Wildman–Crippen MR) is 164 cm³/mol. The summed E-state index contributed by atoms with van der Waals surface area (Å²) in [6.45, 7) is 5.36. The molecule has 1 aromatic heterocycles. The third-order valence-electron chi connectivity index (χ3n) is 7.31. The van der Waals surface area contributed by atoms with E-state index >= 15 is 0 Å². The van der Waals surface area contributed by atoms with E-state index < -0.39 is 0 Å². The Morgan fingerprint density at radius 2 is 1.83 bits per heavy atom. The van der Waals surface area contributed by atoms with E-state index in [0.29, 0.717) is 23.4 Å². The van der Waals surface area contributed by atoms with E-state index in [0.717, 1.165) is 64.5 Å². The Morgan fingerprint density at radius 3 is 2.68 bits per heavy atom. The normalized spacial score (nSPS) is 15.0. The molecule has 3 heterocycles. The van der Waals surface area contributed by atoms with Gasteiger partial charge < -0.3 is 15.4 Å². The van der Waals surface area contributed by atoms with E-state index in [1.807, 2.05) is 36.5 Å². The molecule has 2 N–H and O–H groups in total. The Hall–Kier alpha value is -3.50. The number of fused-ring (bicyclic) bond motifs is 2. The number of nitrogens with zero attached hydrogens (tertiary/aromatic N) is 2. The molecule has 7 nitrogen and oxygen atoms in total. The second kappa shape index (κ2) is 13.0. The lowest BCUT2D eigenvalue weighted by molar-refractivity contribution is 0.0372. The van der Waals surface area contributed by atoms with Crippen LogP contribution >= 0.6 is 23.1 Å². The third kappa shape index (κ3) is 6.87. The smallest absolute Gasteiger partial charge is 0.256 e. The van der Waals surface area contributed by atoms with Crippen molar-refractivity contribution in [3.8, 4) is 10.6 Å². The number of anilines is 1. The summed E-state index contributed by atoms with van der Waals surface area (Å²) in [5, 5.41) is 6.88. The number of hydrogen-bond acceptors (Lipinski definition) is 7. The molecule has 0 bridgehead atoms. The third-order valence-corrected chi connectivity index (χ3v) is 9.51. The second-order valence-corrected chi connectivity index (χ2v) is 12.4. The van der Waals surface area contributed by atoms with Crippen molar-refractivity contribution in [3.63, 3.8) is 0 Å². The molecule has 4 aromatic rings. The number of aromatic nitrogens is 1. The van der Waals surface area contributed by atoms with E-state index in [9.17, 15) is 9.59 Å². The van der Waals surface area contributed by atoms with Gasteiger partial charge in [0.1, 0.15) is 5.01 Å². The van der Waals surface area contributed by atoms with Crippen molar-refractivity contribution in [2.75, 3.05) is 38.2 Å². The van der Waals surface area contributed by atoms with Crippen LogP contribution in [0.3, 0.4) is 0 Å². The molecule has 9 heteroatoms. The Kier molecular flexibility index (Phi) is 8.77. The van der Waals surface area contributed by atoms with Crippen molar-refractivity contribution in [1.29, 1.82) is 0 Å². The summed E-state index contributed by atoms with van der Waals surface area (Å²) in [6.07, 6.45) is 5.29. The van der Waals surface area contributed by atoms with Crippen molar-refractivity contribution in [3.05, 3.63) is 94.5 Å². The van der Waals surface area contributed by atoms with E-state index in [4.69, 9.17) is 4.74 Å². The average Bonchev–Trinajstić information content (AvgIpc) is 3.43. The van der Waals surface area contributed by atoms with Crippen molar-refractivity contribution in [2.24, 2.45) is 0 Å². The van der Waals surface area contributed by atoms with Crippen LogP contribution in [0.4, 0.5) is 5.69 Å². The molecule has 6 rings (SSSR count). The van der Waals surface area contributed by atoms with Gasteiger partial charge in [0.05, 0.1) is 31.0 Å². The van der Waals surface area contributed by atoms with Gasteiger partial charge in [-0.05, 0) is 61.7 Å². The number of carbonyl (C=O) groups is 2. The minimum atomic E-state index is -0.193. The zero-order chi connectivity index (χ0) is 28.0. The number of nitrogens with one attached hydrogen (secondary N) is 2. The summed E-state index contributed by atoms with van der Waals surface area (Å²) in [5.74, 6) is -0.361. The zero-order valence-electron chi connectivity index (χ0n) is 22.7. The maximum absolute atomic E-state index is 12.9. The van der Waals surface area contributed by atoms with Gasteiger partial charge in [0.25, 0.3) is 11.8 Å². The van der Waals surface area contributed by atoms with Crippen LogP contribution in [0.1, 0.15) is 44.0 Å². The second-order valence-electron chi connectivity index (χ2n) is 10.2. The first kappa shape index (κ1) is 27.7. The van der Waals surface area contributed by atoms with Gasteiger partial charge in [-0.1, -0.05) is 48.2 Å². The van der Waals surface area contributed by atoms with Crippen LogP contribution in [0.15, 0.2) is 82.7 Å². The number of morpholine rings is 1. The molecule has 0 radical (unpaired) electrons. The van der Waals surface area contributed by atoms with E-state index in [1.54, 1.807) is 23.5 Å². The molecular weight excluding hydrogens is 553 g/mol. The van der Waals surface area contributed by atoms with Gasteiger partial charge in [0, 0.05) is 45.1 Å². The molecule has 1 fully saturated rings. The van der Waals surface area contributed by atoms with Crippen molar-refractivity contribution in [2.45, 2.75) is 35.6 Å². The number of aryl methyl sites for hydroxylation is 1. The lowest BCUT2D eigenvalue weighted by Gasteiger charge is -2.26. The van der Waals surface area contributed by atoms with Crippen molar-refractivity contribution < 1.29 is 14.3 Å². The van der Waals surface area contributed by atoms with Gasteiger partial charge in [-0.3, -0.25) is 14.5 Å². The first-order chi connectivity index (χ1) is 20.1. The first-order valence-corrected chi connectivity index (χ1v) is 15.6. The maximum Gasteiger partial charge on any atom is 0.256 e. The van der Waals surface area contributed by atoms with Gasteiger partial charge in [0.15, 0.2) is 0 Å². The molecule has 2 amide bonds. The van der Waals surface area contributed by atoms with Gasteiger partial charge in [0.2, 0.25) is 0 Å². The fourth-order valence-electron chi connectivity index (χ4n) is 5.00. The fraction of sp³-hybridized carbons (Fsp3) is 0.281. The molecule has 0 aliphatic carbocycles. The van der Waals surface area contributed by atoms with Crippen LogP contribution in [-0.2, 0) is 17.7 Å². The highest BCUT2D eigenvalue weighted by Crippen LogP contribution is 2.39. The monoisotopic (exact) mass is 584 g/mol. The van der Waals surface area contributed by atoms with E-state index in [2.05, 4.69) is 44.8 Å². The highest BCUT2D eigenvalue weighted by atomic mass is 32.2. The lowest BCUT2D eigenvalue weighted by atomic mass is 10.1. The van der Waals surface area contributed by atoms with Crippen LogP contribution in [-0.4, -0.2) is 54.5 Å². The lowest BCUT2D eigenvalue weighted by Crippen LogP contribution is -2.36. The molecule has 0 spiro atoms. The fourth-order valence-corrected chi connectivity index (χ4v) is 6.87. The van der Waals surface area contributed by atoms with Crippen LogP contribution in [0.2, 0.25) is 0 Å². The summed E-state index contributed by atoms with van der Waals surface area (Å²) in [5.41, 5.74) is 4.21. The Labute approximate surface area is 248 Å². The minimum absolute atomic E-state index is 0.168. The van der Waals surface area contributed by atoms with Crippen molar-refractivity contribution >= 4 is 40.6 Å². The average molecular weight is 585 g/mol. The van der Waals surface area contributed by atoms with Gasteiger partial charge in [-0.25, -0.2) is 4.98 Å². The number of thiazole rings is 1.